The SMILES string of the molecule is O=C1CC(c2nc3ccccc3n2CCCOc2ccc(Cl)cc2)CN1c1cccc(Br)c1. The number of imidazole rings is 1. The first-order chi connectivity index (χ1) is 16.1. The molecule has 0 aliphatic carbocycles. The number of rotatable bonds is 7. The van der Waals surface area contributed by atoms with Gasteiger partial charge in [-0.3, -0.25) is 4.79 Å². The number of ether oxygens (including phenoxy) is 1. The van der Waals surface area contributed by atoms with Crippen LogP contribution in [0.4, 0.5) is 5.69 Å². The van der Waals surface area contributed by atoms with Crippen LogP contribution in [0.2, 0.25) is 5.02 Å². The van der Waals surface area contributed by atoms with Crippen LogP contribution in [0.15, 0.2) is 77.3 Å². The maximum atomic E-state index is 12.9. The molecule has 1 saturated heterocycles. The largest absolute Gasteiger partial charge is 0.494 e. The van der Waals surface area contributed by atoms with Crippen LogP contribution in [0, 0.1) is 0 Å². The van der Waals surface area contributed by atoms with Crippen molar-refractivity contribution < 1.29 is 9.53 Å². The Morgan fingerprint density at radius 3 is 2.70 bits per heavy atom. The second-order valence-corrected chi connectivity index (χ2v) is 9.50. The molecule has 5 nitrogen and oxygen atoms in total. The standard InChI is InChI=1S/C26H23BrClN3O2/c27-19-5-3-6-21(16-19)31-17-18(15-25(31)32)26-29-23-7-1-2-8-24(23)30(26)13-4-14-33-22-11-9-20(28)10-12-22/h1-3,5-12,16,18H,4,13-15,17H2. The van der Waals surface area contributed by atoms with Gasteiger partial charge in [0.25, 0.3) is 0 Å². The number of fused-ring (bicyclic) bond motifs is 1. The van der Waals surface area contributed by atoms with Gasteiger partial charge in [0.1, 0.15) is 11.6 Å². The van der Waals surface area contributed by atoms with Gasteiger partial charge < -0.3 is 14.2 Å². The quantitative estimate of drug-likeness (QED) is 0.261. The topological polar surface area (TPSA) is 47.4 Å². The van der Waals surface area contributed by atoms with Crippen molar-refractivity contribution in [3.63, 3.8) is 0 Å². The van der Waals surface area contributed by atoms with Crippen molar-refractivity contribution in [1.29, 1.82) is 0 Å². The number of carbonyl (C=O) groups is 1. The Bertz CT molecular complexity index is 1290. The van der Waals surface area contributed by atoms with Crippen LogP contribution < -0.4 is 9.64 Å². The molecule has 1 aromatic heterocycles. The van der Waals surface area contributed by atoms with Gasteiger partial charge in [0.15, 0.2) is 0 Å². The summed E-state index contributed by atoms with van der Waals surface area (Å²) >= 11 is 9.45. The molecule has 33 heavy (non-hydrogen) atoms. The van der Waals surface area contributed by atoms with E-state index in [-0.39, 0.29) is 11.8 Å². The first-order valence-corrected chi connectivity index (χ1v) is 12.1. The van der Waals surface area contributed by atoms with Gasteiger partial charge >= 0.3 is 0 Å². The molecule has 168 valence electrons. The molecule has 0 N–H and O–H groups in total. The summed E-state index contributed by atoms with van der Waals surface area (Å²) in [6.07, 6.45) is 1.28. The highest BCUT2D eigenvalue weighted by Gasteiger charge is 2.34. The summed E-state index contributed by atoms with van der Waals surface area (Å²) in [6, 6.07) is 23.4. The fraction of sp³-hybridized carbons (Fsp3) is 0.231. The minimum absolute atomic E-state index is 0.0427. The van der Waals surface area contributed by atoms with E-state index in [2.05, 4.69) is 26.6 Å². The summed E-state index contributed by atoms with van der Waals surface area (Å²) in [5.41, 5.74) is 2.96. The van der Waals surface area contributed by atoms with Gasteiger partial charge in [-0.05, 0) is 61.0 Å². The van der Waals surface area contributed by atoms with E-state index in [0.29, 0.717) is 24.6 Å². The van der Waals surface area contributed by atoms with E-state index in [9.17, 15) is 4.79 Å². The fourth-order valence-electron chi connectivity index (χ4n) is 4.36. The minimum Gasteiger partial charge on any atom is -0.494 e. The first-order valence-electron chi connectivity index (χ1n) is 11.0. The normalized spacial score (nSPS) is 16.0. The number of hydrogen-bond donors (Lipinski definition) is 0. The average Bonchev–Trinajstić information content (AvgIpc) is 3.38. The molecule has 0 spiro atoms. The van der Waals surface area contributed by atoms with Crippen molar-refractivity contribution >= 4 is 50.2 Å². The van der Waals surface area contributed by atoms with Crippen molar-refractivity contribution in [3.05, 3.63) is 88.1 Å². The molecular formula is C26H23BrClN3O2. The molecule has 3 aromatic carbocycles. The van der Waals surface area contributed by atoms with Crippen LogP contribution >= 0.6 is 27.5 Å². The molecule has 1 unspecified atom stereocenters. The third kappa shape index (κ3) is 4.77. The van der Waals surface area contributed by atoms with E-state index in [4.69, 9.17) is 21.3 Å². The lowest BCUT2D eigenvalue weighted by Gasteiger charge is -2.18. The molecule has 4 aromatic rings. The Labute approximate surface area is 206 Å². The van der Waals surface area contributed by atoms with Gasteiger partial charge in [-0.25, -0.2) is 4.98 Å². The zero-order chi connectivity index (χ0) is 22.8. The number of nitrogens with zero attached hydrogens (tertiary/aromatic N) is 3. The number of hydrogen-bond acceptors (Lipinski definition) is 3. The smallest absolute Gasteiger partial charge is 0.227 e. The highest BCUT2D eigenvalue weighted by Crippen LogP contribution is 2.34. The second-order valence-electron chi connectivity index (χ2n) is 8.15. The zero-order valence-corrected chi connectivity index (χ0v) is 20.3. The van der Waals surface area contributed by atoms with Crippen molar-refractivity contribution in [2.75, 3.05) is 18.1 Å². The molecule has 1 amide bonds. The minimum atomic E-state index is 0.0427. The predicted octanol–water partition coefficient (Wildman–Crippen LogP) is 6.44. The van der Waals surface area contributed by atoms with E-state index in [1.807, 2.05) is 71.6 Å². The van der Waals surface area contributed by atoms with Crippen LogP contribution in [0.25, 0.3) is 11.0 Å². The highest BCUT2D eigenvalue weighted by molar-refractivity contribution is 9.10. The molecule has 0 bridgehead atoms. The van der Waals surface area contributed by atoms with Crippen molar-refractivity contribution in [2.45, 2.75) is 25.3 Å². The van der Waals surface area contributed by atoms with Crippen molar-refractivity contribution in [3.8, 4) is 5.75 Å². The second kappa shape index (κ2) is 9.57. The Balaban J connectivity index is 1.34. The molecule has 0 radical (unpaired) electrons. The van der Waals surface area contributed by atoms with E-state index >= 15 is 0 Å². The van der Waals surface area contributed by atoms with Gasteiger partial charge in [0.2, 0.25) is 5.91 Å². The van der Waals surface area contributed by atoms with Crippen molar-refractivity contribution in [2.24, 2.45) is 0 Å². The molecule has 7 heteroatoms. The summed E-state index contributed by atoms with van der Waals surface area (Å²) in [4.78, 5) is 19.7. The third-order valence-electron chi connectivity index (χ3n) is 5.90. The van der Waals surface area contributed by atoms with Crippen LogP contribution in [0.5, 0.6) is 5.75 Å². The number of aryl methyl sites for hydroxylation is 1. The Kier molecular flexibility index (Phi) is 6.38. The number of para-hydroxylation sites is 2. The van der Waals surface area contributed by atoms with E-state index in [0.717, 1.165) is 45.7 Å². The number of halogens is 2. The molecule has 1 atom stereocenters. The number of benzene rings is 3. The zero-order valence-electron chi connectivity index (χ0n) is 18.0. The lowest BCUT2D eigenvalue weighted by Crippen LogP contribution is -2.24. The molecule has 1 fully saturated rings. The number of anilines is 1. The van der Waals surface area contributed by atoms with Crippen LogP contribution in [-0.4, -0.2) is 28.6 Å². The Morgan fingerprint density at radius 2 is 1.88 bits per heavy atom. The fourth-order valence-corrected chi connectivity index (χ4v) is 4.87. The first kappa shape index (κ1) is 22.0. The van der Waals surface area contributed by atoms with Gasteiger partial charge in [-0.1, -0.05) is 45.7 Å². The molecule has 1 aliphatic rings. The molecule has 0 saturated carbocycles. The highest BCUT2D eigenvalue weighted by atomic mass is 79.9. The lowest BCUT2D eigenvalue weighted by atomic mass is 10.1. The van der Waals surface area contributed by atoms with E-state index in [1.54, 1.807) is 0 Å². The lowest BCUT2D eigenvalue weighted by molar-refractivity contribution is -0.117. The Morgan fingerprint density at radius 1 is 1.06 bits per heavy atom. The number of carbonyl (C=O) groups excluding carboxylic acids is 1. The van der Waals surface area contributed by atoms with Crippen LogP contribution in [-0.2, 0) is 11.3 Å². The van der Waals surface area contributed by atoms with Crippen molar-refractivity contribution in [1.82, 2.24) is 9.55 Å². The number of aromatic nitrogens is 2. The Hall–Kier alpha value is -2.83. The molecule has 5 rings (SSSR count). The monoisotopic (exact) mass is 523 g/mol. The van der Waals surface area contributed by atoms with Crippen LogP contribution in [0.3, 0.4) is 0 Å². The van der Waals surface area contributed by atoms with Gasteiger partial charge in [0, 0.05) is 40.6 Å². The average molecular weight is 525 g/mol. The van der Waals surface area contributed by atoms with E-state index in [1.165, 1.54) is 0 Å². The maximum Gasteiger partial charge on any atom is 0.227 e. The maximum absolute atomic E-state index is 12.9. The number of amides is 1. The van der Waals surface area contributed by atoms with Gasteiger partial charge in [0.05, 0.1) is 17.6 Å². The van der Waals surface area contributed by atoms with Gasteiger partial charge in [-0.15, -0.1) is 0 Å². The predicted molar refractivity (Wildman–Crippen MR) is 135 cm³/mol. The van der Waals surface area contributed by atoms with Crippen LogP contribution in [0.1, 0.15) is 24.6 Å². The summed E-state index contributed by atoms with van der Waals surface area (Å²) < 4.78 is 9.10. The summed E-state index contributed by atoms with van der Waals surface area (Å²) in [7, 11) is 0. The van der Waals surface area contributed by atoms with Gasteiger partial charge in [-0.2, -0.15) is 0 Å². The van der Waals surface area contributed by atoms with E-state index < -0.39 is 0 Å². The summed E-state index contributed by atoms with van der Waals surface area (Å²) in [5.74, 6) is 1.94. The molecular weight excluding hydrogens is 502 g/mol. The molecule has 2 heterocycles. The third-order valence-corrected chi connectivity index (χ3v) is 6.65. The molecule has 1 aliphatic heterocycles. The summed E-state index contributed by atoms with van der Waals surface area (Å²) in [5, 5.41) is 0.694. The summed E-state index contributed by atoms with van der Waals surface area (Å²) in [6.45, 7) is 1.98.